The number of aliphatic imine (C=N–C) groups is 1. The van der Waals surface area contributed by atoms with Crippen LogP contribution in [0, 0.1) is 17.8 Å². The molecular formula is C28H31N3O5. The number of hydrogen-bond acceptors (Lipinski definition) is 6. The van der Waals surface area contributed by atoms with Crippen LogP contribution in [0.25, 0.3) is 0 Å². The van der Waals surface area contributed by atoms with Crippen LogP contribution in [0.4, 0.5) is 4.79 Å². The van der Waals surface area contributed by atoms with E-state index >= 15 is 0 Å². The number of carbonyl (C=O) groups is 2. The Morgan fingerprint density at radius 1 is 1.08 bits per heavy atom. The number of benzene rings is 2. The SMILES string of the molecule is COC(=O)C(N=Cc1ccc(C#Cc2ccc(CN3CCOCC3)cc2)cc1)C1CCN(C(=O)O)C1. The normalized spacial score (nSPS) is 19.0. The number of hydrogen-bond donors (Lipinski definition) is 1. The molecule has 1 amide bonds. The Kier molecular flexibility index (Phi) is 8.71. The van der Waals surface area contributed by atoms with Gasteiger partial charge in [0, 0.05) is 56.0 Å². The summed E-state index contributed by atoms with van der Waals surface area (Å²) in [4.78, 5) is 31.6. The highest BCUT2D eigenvalue weighted by atomic mass is 16.5. The molecule has 2 fully saturated rings. The number of rotatable bonds is 6. The van der Waals surface area contributed by atoms with E-state index in [1.54, 1.807) is 6.21 Å². The van der Waals surface area contributed by atoms with Crippen LogP contribution in [0.1, 0.15) is 28.7 Å². The van der Waals surface area contributed by atoms with Gasteiger partial charge in [-0.2, -0.15) is 0 Å². The number of carbonyl (C=O) groups excluding carboxylic acids is 1. The number of carboxylic acid groups (broad SMARTS) is 1. The molecule has 36 heavy (non-hydrogen) atoms. The van der Waals surface area contributed by atoms with Gasteiger partial charge in [0.15, 0.2) is 6.04 Å². The Morgan fingerprint density at radius 3 is 2.31 bits per heavy atom. The molecule has 188 valence electrons. The Hall–Kier alpha value is -3.67. The van der Waals surface area contributed by atoms with E-state index in [4.69, 9.17) is 9.47 Å². The van der Waals surface area contributed by atoms with Crippen molar-refractivity contribution in [2.45, 2.75) is 19.0 Å². The lowest BCUT2D eigenvalue weighted by molar-refractivity contribution is -0.143. The molecular weight excluding hydrogens is 458 g/mol. The first-order valence-corrected chi connectivity index (χ1v) is 12.1. The summed E-state index contributed by atoms with van der Waals surface area (Å²) in [5.41, 5.74) is 3.93. The van der Waals surface area contributed by atoms with Gasteiger partial charge in [0.2, 0.25) is 0 Å². The van der Waals surface area contributed by atoms with Crippen molar-refractivity contribution in [2.24, 2.45) is 10.9 Å². The maximum absolute atomic E-state index is 12.3. The highest BCUT2D eigenvalue weighted by Crippen LogP contribution is 2.23. The minimum atomic E-state index is -0.981. The van der Waals surface area contributed by atoms with Gasteiger partial charge in [-0.25, -0.2) is 9.59 Å². The minimum Gasteiger partial charge on any atom is -0.467 e. The average Bonchev–Trinajstić information content (AvgIpc) is 3.40. The number of amides is 1. The van der Waals surface area contributed by atoms with Crippen molar-refractivity contribution in [1.29, 1.82) is 0 Å². The molecule has 8 heteroatoms. The van der Waals surface area contributed by atoms with Gasteiger partial charge in [-0.1, -0.05) is 36.1 Å². The fourth-order valence-corrected chi connectivity index (χ4v) is 4.39. The van der Waals surface area contributed by atoms with Crippen molar-refractivity contribution in [3.05, 3.63) is 70.8 Å². The summed E-state index contributed by atoms with van der Waals surface area (Å²) in [5, 5.41) is 9.19. The molecule has 2 aromatic rings. The van der Waals surface area contributed by atoms with E-state index in [0.717, 1.165) is 49.5 Å². The van der Waals surface area contributed by atoms with Crippen LogP contribution in [-0.4, -0.2) is 85.7 Å². The third-order valence-corrected chi connectivity index (χ3v) is 6.49. The van der Waals surface area contributed by atoms with Crippen LogP contribution in [0.3, 0.4) is 0 Å². The molecule has 8 nitrogen and oxygen atoms in total. The van der Waals surface area contributed by atoms with E-state index in [1.807, 2.05) is 36.4 Å². The molecule has 2 unspecified atom stereocenters. The van der Waals surface area contributed by atoms with Gasteiger partial charge in [0.25, 0.3) is 0 Å². The Balaban J connectivity index is 1.35. The van der Waals surface area contributed by atoms with Gasteiger partial charge in [-0.3, -0.25) is 9.89 Å². The smallest absolute Gasteiger partial charge is 0.407 e. The molecule has 2 heterocycles. The minimum absolute atomic E-state index is 0.199. The molecule has 2 aromatic carbocycles. The third-order valence-electron chi connectivity index (χ3n) is 6.49. The molecule has 0 aromatic heterocycles. The molecule has 4 rings (SSSR count). The van der Waals surface area contributed by atoms with E-state index in [2.05, 4.69) is 33.9 Å². The summed E-state index contributed by atoms with van der Waals surface area (Å²) in [6, 6.07) is 15.2. The monoisotopic (exact) mass is 489 g/mol. The largest absolute Gasteiger partial charge is 0.467 e. The second-order valence-electron chi connectivity index (χ2n) is 8.98. The summed E-state index contributed by atoms with van der Waals surface area (Å²) in [6.45, 7) is 5.13. The van der Waals surface area contributed by atoms with Gasteiger partial charge in [-0.15, -0.1) is 0 Å². The lowest BCUT2D eigenvalue weighted by Crippen LogP contribution is -2.35. The molecule has 2 saturated heterocycles. The summed E-state index contributed by atoms with van der Waals surface area (Å²) in [6.07, 6.45) is 1.23. The number of esters is 1. The summed E-state index contributed by atoms with van der Waals surface area (Å²) >= 11 is 0. The van der Waals surface area contributed by atoms with Crippen LogP contribution in [-0.2, 0) is 20.8 Å². The van der Waals surface area contributed by atoms with Gasteiger partial charge < -0.3 is 19.5 Å². The topological polar surface area (TPSA) is 91.7 Å². The van der Waals surface area contributed by atoms with E-state index in [9.17, 15) is 14.7 Å². The van der Waals surface area contributed by atoms with Crippen LogP contribution in [0.15, 0.2) is 53.5 Å². The second-order valence-corrected chi connectivity index (χ2v) is 8.98. The van der Waals surface area contributed by atoms with Crippen molar-refractivity contribution >= 4 is 18.3 Å². The van der Waals surface area contributed by atoms with Gasteiger partial charge in [0.1, 0.15) is 0 Å². The number of ether oxygens (including phenoxy) is 2. The van der Waals surface area contributed by atoms with Gasteiger partial charge >= 0.3 is 12.1 Å². The van der Waals surface area contributed by atoms with Crippen molar-refractivity contribution in [3.63, 3.8) is 0 Å². The van der Waals surface area contributed by atoms with Crippen LogP contribution in [0.2, 0.25) is 0 Å². The zero-order chi connectivity index (χ0) is 25.3. The van der Waals surface area contributed by atoms with Crippen LogP contribution in [0.5, 0.6) is 0 Å². The molecule has 0 saturated carbocycles. The summed E-state index contributed by atoms with van der Waals surface area (Å²) in [5.74, 6) is 5.73. The lowest BCUT2D eigenvalue weighted by Gasteiger charge is -2.26. The van der Waals surface area contributed by atoms with Crippen LogP contribution >= 0.6 is 0 Å². The molecule has 2 aliphatic rings. The fourth-order valence-electron chi connectivity index (χ4n) is 4.39. The van der Waals surface area contributed by atoms with Gasteiger partial charge in [-0.05, 0) is 41.8 Å². The first-order chi connectivity index (χ1) is 17.5. The number of likely N-dealkylation sites (tertiary alicyclic amines) is 1. The molecule has 0 bridgehead atoms. The number of nitrogens with zero attached hydrogens (tertiary/aromatic N) is 3. The number of methoxy groups -OCH3 is 1. The highest BCUT2D eigenvalue weighted by Gasteiger charge is 2.36. The van der Waals surface area contributed by atoms with E-state index < -0.39 is 18.1 Å². The first kappa shape index (κ1) is 25.4. The molecule has 0 spiro atoms. The molecule has 0 radical (unpaired) electrons. The first-order valence-electron chi connectivity index (χ1n) is 12.1. The van der Waals surface area contributed by atoms with E-state index in [1.165, 1.54) is 17.6 Å². The summed E-state index contributed by atoms with van der Waals surface area (Å²) < 4.78 is 10.3. The Labute approximate surface area is 211 Å². The predicted octanol–water partition coefficient (Wildman–Crippen LogP) is 2.88. The highest BCUT2D eigenvalue weighted by molar-refractivity contribution is 5.84. The van der Waals surface area contributed by atoms with Crippen molar-refractivity contribution in [1.82, 2.24) is 9.80 Å². The molecule has 1 N–H and O–H groups in total. The Morgan fingerprint density at radius 2 is 1.72 bits per heavy atom. The van der Waals surface area contributed by atoms with Crippen molar-refractivity contribution in [3.8, 4) is 11.8 Å². The standard InChI is InChI=1S/C28H31N3O5/c1-35-27(32)26(25-12-13-31(20-25)28(33)34)29-18-23-8-4-21(5-9-23)2-3-22-6-10-24(11-7-22)19-30-14-16-36-17-15-30/h4-11,18,25-26H,12-17,19-20H2,1H3,(H,33,34). The quantitative estimate of drug-likeness (QED) is 0.381. The summed E-state index contributed by atoms with van der Waals surface area (Å²) in [7, 11) is 1.32. The lowest BCUT2D eigenvalue weighted by atomic mass is 9.99. The van der Waals surface area contributed by atoms with Crippen molar-refractivity contribution < 1.29 is 24.2 Å². The maximum Gasteiger partial charge on any atom is 0.407 e. The van der Waals surface area contributed by atoms with E-state index in [-0.39, 0.29) is 12.5 Å². The van der Waals surface area contributed by atoms with E-state index in [0.29, 0.717) is 13.0 Å². The zero-order valence-electron chi connectivity index (χ0n) is 20.4. The Bertz CT molecular complexity index is 1130. The average molecular weight is 490 g/mol. The maximum atomic E-state index is 12.3. The second kappa shape index (κ2) is 12.3. The number of morpholine rings is 1. The fraction of sp³-hybridized carbons (Fsp3) is 0.393. The third kappa shape index (κ3) is 6.94. The molecule has 2 atom stereocenters. The van der Waals surface area contributed by atoms with Gasteiger partial charge in [0.05, 0.1) is 20.3 Å². The van der Waals surface area contributed by atoms with Crippen LogP contribution < -0.4 is 0 Å². The molecule has 2 aliphatic heterocycles. The predicted molar refractivity (Wildman–Crippen MR) is 136 cm³/mol. The molecule has 0 aliphatic carbocycles. The van der Waals surface area contributed by atoms with Crippen molar-refractivity contribution in [2.75, 3.05) is 46.5 Å². The zero-order valence-corrected chi connectivity index (χ0v) is 20.4.